The van der Waals surface area contributed by atoms with Crippen LogP contribution in [0, 0.1) is 0 Å². The lowest BCUT2D eigenvalue weighted by Crippen LogP contribution is -2.52. The van der Waals surface area contributed by atoms with Gasteiger partial charge in [-0.05, 0) is 12.1 Å². The summed E-state index contributed by atoms with van der Waals surface area (Å²) in [5, 5.41) is 16.9. The van der Waals surface area contributed by atoms with Crippen LogP contribution in [0.5, 0.6) is 5.75 Å². The lowest BCUT2D eigenvalue weighted by molar-refractivity contribution is 0.370. The first-order valence-electron chi connectivity index (χ1n) is 9.82. The van der Waals surface area contributed by atoms with Crippen molar-refractivity contribution in [2.75, 3.05) is 44.7 Å². The van der Waals surface area contributed by atoms with Crippen molar-refractivity contribution in [2.24, 2.45) is 4.99 Å². The number of hydrogen-bond acceptors (Lipinski definition) is 5. The van der Waals surface area contributed by atoms with Crippen molar-refractivity contribution in [1.82, 2.24) is 15.2 Å². The molecule has 3 rings (SSSR count). The second kappa shape index (κ2) is 8.82. The molecule has 2 N–H and O–H groups in total. The summed E-state index contributed by atoms with van der Waals surface area (Å²) in [6.45, 7) is 10.9. The minimum absolute atomic E-state index is 0.102. The SMILES string of the molecule is CN=C(NCCc1nc(C(C)(C)C)cs1)N1CCN(c2ccccc2O)CC1. The molecule has 0 radical (unpaired) electrons. The van der Waals surface area contributed by atoms with E-state index in [0.29, 0.717) is 5.75 Å². The van der Waals surface area contributed by atoms with Crippen LogP contribution in [0.2, 0.25) is 0 Å². The first-order chi connectivity index (χ1) is 13.4. The number of guanidine groups is 1. The van der Waals surface area contributed by atoms with E-state index in [1.54, 1.807) is 17.4 Å². The fraction of sp³-hybridized carbons (Fsp3) is 0.524. The molecule has 0 saturated carbocycles. The van der Waals surface area contributed by atoms with Crippen molar-refractivity contribution < 1.29 is 5.11 Å². The summed E-state index contributed by atoms with van der Waals surface area (Å²) in [5.41, 5.74) is 2.17. The molecule has 7 heteroatoms. The van der Waals surface area contributed by atoms with E-state index in [-0.39, 0.29) is 5.41 Å². The monoisotopic (exact) mass is 401 g/mol. The lowest BCUT2D eigenvalue weighted by Gasteiger charge is -2.37. The summed E-state index contributed by atoms with van der Waals surface area (Å²) in [7, 11) is 1.83. The molecule has 0 aliphatic carbocycles. The van der Waals surface area contributed by atoms with Gasteiger partial charge in [-0.15, -0.1) is 11.3 Å². The van der Waals surface area contributed by atoms with E-state index >= 15 is 0 Å². The van der Waals surface area contributed by atoms with Crippen molar-refractivity contribution in [3.05, 3.63) is 40.3 Å². The molecule has 0 amide bonds. The highest BCUT2D eigenvalue weighted by atomic mass is 32.1. The Kier molecular flexibility index (Phi) is 6.44. The van der Waals surface area contributed by atoms with Gasteiger partial charge < -0.3 is 20.2 Å². The number of thiazole rings is 1. The molecule has 0 unspecified atom stereocenters. The van der Waals surface area contributed by atoms with E-state index < -0.39 is 0 Å². The number of benzene rings is 1. The van der Waals surface area contributed by atoms with E-state index in [0.717, 1.165) is 61.5 Å². The molecule has 28 heavy (non-hydrogen) atoms. The summed E-state index contributed by atoms with van der Waals surface area (Å²) < 4.78 is 0. The van der Waals surface area contributed by atoms with Crippen molar-refractivity contribution in [3.63, 3.8) is 0 Å². The Hall–Kier alpha value is -2.28. The molecule has 1 fully saturated rings. The van der Waals surface area contributed by atoms with Gasteiger partial charge in [-0.25, -0.2) is 4.98 Å². The second-order valence-corrected chi connectivity index (χ2v) is 9.01. The molecular formula is C21H31N5OS. The number of phenols is 1. The largest absolute Gasteiger partial charge is 0.506 e. The third kappa shape index (κ3) is 4.95. The Morgan fingerprint density at radius 2 is 1.93 bits per heavy atom. The molecule has 6 nitrogen and oxygen atoms in total. The highest BCUT2D eigenvalue weighted by Gasteiger charge is 2.21. The molecule has 1 aliphatic heterocycles. The lowest BCUT2D eigenvalue weighted by atomic mass is 9.93. The quantitative estimate of drug-likeness (QED) is 0.609. The van der Waals surface area contributed by atoms with Crippen molar-refractivity contribution >= 4 is 23.0 Å². The molecule has 0 atom stereocenters. The van der Waals surface area contributed by atoms with Crippen molar-refractivity contribution in [2.45, 2.75) is 32.6 Å². The fourth-order valence-corrected chi connectivity index (χ4v) is 4.30. The Bertz CT molecular complexity index is 803. The summed E-state index contributed by atoms with van der Waals surface area (Å²) in [5.74, 6) is 1.28. The summed E-state index contributed by atoms with van der Waals surface area (Å²) in [6.07, 6.45) is 0.900. The van der Waals surface area contributed by atoms with Gasteiger partial charge >= 0.3 is 0 Å². The van der Waals surface area contributed by atoms with Crippen LogP contribution in [0.3, 0.4) is 0 Å². The average Bonchev–Trinajstić information content (AvgIpc) is 3.15. The number of hydrogen-bond donors (Lipinski definition) is 2. The number of piperazine rings is 1. The number of nitrogens with one attached hydrogen (secondary N) is 1. The normalized spacial score (nSPS) is 15.8. The van der Waals surface area contributed by atoms with E-state index in [2.05, 4.69) is 46.3 Å². The third-order valence-electron chi connectivity index (χ3n) is 4.96. The van der Waals surface area contributed by atoms with Crippen LogP contribution in [-0.2, 0) is 11.8 Å². The number of rotatable bonds is 4. The maximum Gasteiger partial charge on any atom is 0.193 e. The maximum atomic E-state index is 10.1. The highest BCUT2D eigenvalue weighted by molar-refractivity contribution is 7.09. The van der Waals surface area contributed by atoms with Crippen LogP contribution in [0.25, 0.3) is 0 Å². The number of aromatic hydroxyl groups is 1. The summed E-state index contributed by atoms with van der Waals surface area (Å²) in [6, 6.07) is 7.53. The molecule has 1 aromatic carbocycles. The number of aromatic nitrogens is 1. The first-order valence-corrected chi connectivity index (χ1v) is 10.7. The standard InChI is InChI=1S/C21H31N5OS/c1-21(2,3)18-15-28-19(24-18)9-10-23-20(22-4)26-13-11-25(12-14-26)16-7-5-6-8-17(16)27/h5-8,15,27H,9-14H2,1-4H3,(H,22,23). The van der Waals surface area contributed by atoms with Gasteiger partial charge in [0, 0.05) is 57.0 Å². The molecule has 0 bridgehead atoms. The second-order valence-electron chi connectivity index (χ2n) is 8.06. The fourth-order valence-electron chi connectivity index (χ4n) is 3.27. The Labute approximate surface area is 171 Å². The van der Waals surface area contributed by atoms with Gasteiger partial charge in [0.15, 0.2) is 5.96 Å². The molecule has 2 heterocycles. The van der Waals surface area contributed by atoms with Crippen LogP contribution < -0.4 is 10.2 Å². The number of nitrogens with zero attached hydrogens (tertiary/aromatic N) is 4. The topological polar surface area (TPSA) is 64.0 Å². The maximum absolute atomic E-state index is 10.1. The van der Waals surface area contributed by atoms with Gasteiger partial charge in [0.1, 0.15) is 5.75 Å². The predicted octanol–water partition coefficient (Wildman–Crippen LogP) is 3.09. The molecule has 1 saturated heterocycles. The van der Waals surface area contributed by atoms with Crippen LogP contribution in [-0.4, -0.2) is 60.7 Å². The number of anilines is 1. The van der Waals surface area contributed by atoms with Crippen LogP contribution in [0.1, 0.15) is 31.5 Å². The van der Waals surface area contributed by atoms with E-state index in [9.17, 15) is 5.11 Å². The van der Waals surface area contributed by atoms with Crippen molar-refractivity contribution in [1.29, 1.82) is 0 Å². The zero-order valence-corrected chi connectivity index (χ0v) is 18.1. The zero-order chi connectivity index (χ0) is 20.1. The number of para-hydroxylation sites is 2. The predicted molar refractivity (Wildman–Crippen MR) is 118 cm³/mol. The van der Waals surface area contributed by atoms with Gasteiger partial charge in [0.25, 0.3) is 0 Å². The first kappa shape index (κ1) is 20.5. The van der Waals surface area contributed by atoms with E-state index in [4.69, 9.17) is 4.98 Å². The van der Waals surface area contributed by atoms with Gasteiger partial charge in [-0.3, -0.25) is 4.99 Å². The average molecular weight is 402 g/mol. The Morgan fingerprint density at radius 3 is 2.54 bits per heavy atom. The number of aliphatic imine (C=N–C) groups is 1. The molecular weight excluding hydrogens is 370 g/mol. The third-order valence-corrected chi connectivity index (χ3v) is 5.86. The van der Waals surface area contributed by atoms with Gasteiger partial charge in [-0.1, -0.05) is 32.9 Å². The minimum Gasteiger partial charge on any atom is -0.506 e. The van der Waals surface area contributed by atoms with Gasteiger partial charge in [-0.2, -0.15) is 0 Å². The van der Waals surface area contributed by atoms with Crippen LogP contribution >= 0.6 is 11.3 Å². The smallest absolute Gasteiger partial charge is 0.193 e. The summed E-state index contributed by atoms with van der Waals surface area (Å²) >= 11 is 1.74. The Morgan fingerprint density at radius 1 is 1.21 bits per heavy atom. The molecule has 0 spiro atoms. The van der Waals surface area contributed by atoms with E-state index in [1.165, 1.54) is 0 Å². The minimum atomic E-state index is 0.102. The summed E-state index contributed by atoms with van der Waals surface area (Å²) in [4.78, 5) is 13.7. The molecule has 1 aliphatic rings. The molecule has 152 valence electrons. The van der Waals surface area contributed by atoms with Crippen LogP contribution in [0.15, 0.2) is 34.6 Å². The van der Waals surface area contributed by atoms with Gasteiger partial charge in [0.05, 0.1) is 16.4 Å². The Balaban J connectivity index is 1.49. The highest BCUT2D eigenvalue weighted by Crippen LogP contribution is 2.27. The molecule has 1 aromatic heterocycles. The van der Waals surface area contributed by atoms with Crippen LogP contribution in [0.4, 0.5) is 5.69 Å². The zero-order valence-electron chi connectivity index (χ0n) is 17.3. The van der Waals surface area contributed by atoms with E-state index in [1.807, 2.05) is 25.2 Å². The van der Waals surface area contributed by atoms with Crippen molar-refractivity contribution in [3.8, 4) is 5.75 Å². The molecule has 2 aromatic rings. The van der Waals surface area contributed by atoms with Gasteiger partial charge in [0.2, 0.25) is 0 Å². The number of phenolic OH excluding ortho intramolecular Hbond substituents is 1.